The van der Waals surface area contributed by atoms with E-state index in [1.54, 1.807) is 4.82 Å². The maximum atomic E-state index is 3.30. The molecule has 0 nitrogen and oxygen atoms in total. The molecule has 0 aliphatic heterocycles. The normalized spacial score (nSPS) is 12.5. The van der Waals surface area contributed by atoms with E-state index in [1.165, 1.54) is 0 Å². The Hall–Kier alpha value is 0.603. The molecular weight excluding hydrogens is 231 g/mol. The van der Waals surface area contributed by atoms with Crippen molar-refractivity contribution in [2.24, 2.45) is 0 Å². The number of hydrogen-bond acceptors (Lipinski definition) is 0. The fourth-order valence-corrected chi connectivity index (χ4v) is 14.9. The minimum atomic E-state index is -1.09. The van der Waals surface area contributed by atoms with E-state index in [1.807, 2.05) is 0 Å². The quantitative estimate of drug-likeness (QED) is 0.658. The Bertz CT molecular complexity index is 173. The standard InChI is InChI=1S/C8H18SeSi2/c1-10(2,3)8(7-9)11(4,5)6/h1-6H3. The molecule has 0 saturated heterocycles. The van der Waals surface area contributed by atoms with Gasteiger partial charge in [0.15, 0.2) is 0 Å². The van der Waals surface area contributed by atoms with Crippen molar-refractivity contribution in [1.82, 2.24) is 0 Å². The van der Waals surface area contributed by atoms with E-state index in [9.17, 15) is 0 Å². The van der Waals surface area contributed by atoms with Crippen LogP contribution in [0.2, 0.25) is 39.3 Å². The van der Waals surface area contributed by atoms with E-state index >= 15 is 0 Å². The molecule has 3 heteroatoms. The van der Waals surface area contributed by atoms with Gasteiger partial charge >= 0.3 is 80.4 Å². The predicted molar refractivity (Wildman–Crippen MR) is 61.0 cm³/mol. The van der Waals surface area contributed by atoms with E-state index in [0.29, 0.717) is 0 Å². The van der Waals surface area contributed by atoms with Gasteiger partial charge in [-0.3, -0.25) is 0 Å². The molecule has 0 bridgehead atoms. The average molecular weight is 249 g/mol. The van der Waals surface area contributed by atoms with Crippen molar-refractivity contribution in [3.8, 4) is 0 Å². The van der Waals surface area contributed by atoms with Gasteiger partial charge in [0.25, 0.3) is 0 Å². The zero-order valence-electron chi connectivity index (χ0n) is 8.41. The first-order chi connectivity index (χ1) is 4.69. The summed E-state index contributed by atoms with van der Waals surface area (Å²) in [4.78, 5) is 1.63. The molecule has 0 fully saturated rings. The van der Waals surface area contributed by atoms with Crippen molar-refractivity contribution in [2.75, 3.05) is 0 Å². The molecule has 0 aliphatic rings. The Balaban J connectivity index is 4.90. The summed E-state index contributed by atoms with van der Waals surface area (Å²) >= 11 is 2.94. The molecule has 0 amide bonds. The monoisotopic (exact) mass is 250 g/mol. The third kappa shape index (κ3) is 3.68. The Morgan fingerprint density at radius 1 is 0.909 bits per heavy atom. The second-order valence-corrected chi connectivity index (χ2v) is 15.9. The van der Waals surface area contributed by atoms with Gasteiger partial charge in [-0.05, 0) is 0 Å². The summed E-state index contributed by atoms with van der Waals surface area (Å²) in [7, 11) is -2.17. The molecule has 0 rings (SSSR count). The molecule has 0 radical (unpaired) electrons. The molecule has 0 unspecified atom stereocenters. The van der Waals surface area contributed by atoms with Gasteiger partial charge in [-0.25, -0.2) is 0 Å². The van der Waals surface area contributed by atoms with Crippen molar-refractivity contribution >= 4 is 36.3 Å². The third-order valence-corrected chi connectivity index (χ3v) is 10.6. The number of rotatable bonds is 2. The van der Waals surface area contributed by atoms with E-state index in [4.69, 9.17) is 0 Å². The zero-order valence-corrected chi connectivity index (χ0v) is 12.1. The van der Waals surface area contributed by atoms with E-state index < -0.39 is 16.1 Å². The van der Waals surface area contributed by atoms with Crippen molar-refractivity contribution in [1.29, 1.82) is 0 Å². The average Bonchev–Trinajstić information content (AvgIpc) is 1.56. The first-order valence-corrected chi connectivity index (χ1v) is 11.8. The summed E-state index contributed by atoms with van der Waals surface area (Å²) in [6.45, 7) is 14.4. The van der Waals surface area contributed by atoms with Crippen LogP contribution >= 0.6 is 0 Å². The second kappa shape index (κ2) is 3.55. The van der Waals surface area contributed by atoms with Gasteiger partial charge < -0.3 is 0 Å². The summed E-state index contributed by atoms with van der Waals surface area (Å²) in [5, 5.41) is 0. The van der Waals surface area contributed by atoms with Gasteiger partial charge in [-0.1, -0.05) is 0 Å². The van der Waals surface area contributed by atoms with Crippen LogP contribution in [0.4, 0.5) is 0 Å². The Labute approximate surface area is 80.5 Å². The topological polar surface area (TPSA) is 0 Å². The van der Waals surface area contributed by atoms with Gasteiger partial charge in [0, 0.05) is 0 Å². The second-order valence-electron chi connectivity index (χ2n) is 4.98. The van der Waals surface area contributed by atoms with Crippen LogP contribution in [-0.2, 0) is 0 Å². The van der Waals surface area contributed by atoms with Crippen LogP contribution < -0.4 is 0 Å². The molecule has 64 valence electrons. The third-order valence-electron chi connectivity index (χ3n) is 1.60. The van der Waals surface area contributed by atoms with Crippen molar-refractivity contribution < 1.29 is 0 Å². The molecule has 0 aromatic carbocycles. The van der Waals surface area contributed by atoms with Gasteiger partial charge in [-0.15, -0.1) is 0 Å². The van der Waals surface area contributed by atoms with Gasteiger partial charge in [0.2, 0.25) is 0 Å². The first kappa shape index (κ1) is 11.6. The minimum absolute atomic E-state index is 1.09. The molecule has 0 aliphatic carbocycles. The van der Waals surface area contributed by atoms with Crippen molar-refractivity contribution in [3.05, 3.63) is 4.82 Å². The first-order valence-electron chi connectivity index (χ1n) is 3.95. The molecule has 0 heterocycles. The van der Waals surface area contributed by atoms with Crippen LogP contribution in [0.25, 0.3) is 0 Å². The van der Waals surface area contributed by atoms with Crippen molar-refractivity contribution in [3.63, 3.8) is 0 Å². The summed E-state index contributed by atoms with van der Waals surface area (Å²) in [5.41, 5.74) is 0. The molecule has 0 spiro atoms. The van der Waals surface area contributed by atoms with Crippen LogP contribution in [0, 0.1) is 0 Å². The van der Waals surface area contributed by atoms with E-state index in [2.05, 4.69) is 59.4 Å². The van der Waals surface area contributed by atoms with E-state index in [-0.39, 0.29) is 0 Å². The van der Waals surface area contributed by atoms with E-state index in [0.717, 1.165) is 0 Å². The van der Waals surface area contributed by atoms with Gasteiger partial charge in [-0.2, -0.15) is 0 Å². The molecule has 0 saturated carbocycles. The maximum absolute atomic E-state index is 3.30. The van der Waals surface area contributed by atoms with Crippen LogP contribution in [0.5, 0.6) is 0 Å². The van der Waals surface area contributed by atoms with Crippen molar-refractivity contribution in [2.45, 2.75) is 39.3 Å². The van der Waals surface area contributed by atoms with Gasteiger partial charge in [0.1, 0.15) is 0 Å². The molecule has 0 atom stereocenters. The van der Waals surface area contributed by atoms with Crippen LogP contribution in [0.3, 0.4) is 0 Å². The van der Waals surface area contributed by atoms with Crippen LogP contribution in [-0.4, -0.2) is 36.3 Å². The molecule has 0 N–H and O–H groups in total. The van der Waals surface area contributed by atoms with Gasteiger partial charge in [0.05, 0.1) is 0 Å². The summed E-state index contributed by atoms with van der Waals surface area (Å²) in [5.74, 6) is 0. The Morgan fingerprint density at radius 2 is 1.18 bits per heavy atom. The fourth-order valence-electron chi connectivity index (χ4n) is 1.43. The fraction of sp³-hybridized carbons (Fsp3) is 0.750. The number of hydrogen-bond donors (Lipinski definition) is 0. The Kier molecular flexibility index (Phi) is 3.74. The summed E-state index contributed by atoms with van der Waals surface area (Å²) in [6, 6.07) is 0. The summed E-state index contributed by atoms with van der Waals surface area (Å²) < 4.78 is 3.30. The molecular formula is C8H18SeSi2. The zero-order chi connectivity index (χ0) is 9.28. The SMILES string of the molecule is C[Si](C)(C)C(=C=[Se])[Si](C)(C)C. The van der Waals surface area contributed by atoms with Crippen LogP contribution in [0.15, 0.2) is 4.82 Å². The predicted octanol–water partition coefficient (Wildman–Crippen LogP) is 2.24. The molecule has 11 heavy (non-hydrogen) atoms. The Morgan fingerprint density at radius 3 is 1.18 bits per heavy atom. The van der Waals surface area contributed by atoms with Crippen LogP contribution in [0.1, 0.15) is 0 Å². The summed E-state index contributed by atoms with van der Waals surface area (Å²) in [6.07, 6.45) is 0. The molecule has 0 aromatic heterocycles. The molecule has 0 aromatic rings.